The molecule has 2 unspecified atom stereocenters. The van der Waals surface area contributed by atoms with Crippen molar-refractivity contribution in [3.8, 4) is 0 Å². The predicted molar refractivity (Wildman–Crippen MR) is 65.0 cm³/mol. The summed E-state index contributed by atoms with van der Waals surface area (Å²) in [6.07, 6.45) is 0. The number of hydrogen-bond acceptors (Lipinski definition) is 2. The van der Waals surface area contributed by atoms with Crippen LogP contribution in [0.3, 0.4) is 0 Å². The molecule has 0 aliphatic heterocycles. The van der Waals surface area contributed by atoms with Crippen molar-refractivity contribution < 1.29 is 14.1 Å². The van der Waals surface area contributed by atoms with Crippen LogP contribution >= 0.6 is 0 Å². The molecule has 1 rings (SSSR count). The van der Waals surface area contributed by atoms with Crippen LogP contribution in [0.4, 0.5) is 0 Å². The smallest absolute Gasteiger partial charge is 0.311 e. The maximum Gasteiger partial charge on any atom is 0.311 e. The monoisotopic (exact) mass is 240 g/mol. The molecule has 0 aliphatic rings. The fourth-order valence-corrected chi connectivity index (χ4v) is 2.40. The molecule has 4 heteroatoms. The van der Waals surface area contributed by atoms with Crippen molar-refractivity contribution in [2.24, 2.45) is 0 Å². The molecule has 0 aromatic heterocycles. The number of carboxylic acid groups (broad SMARTS) is 1. The maximum absolute atomic E-state index is 11.7. The topological polar surface area (TPSA) is 54.4 Å². The van der Waals surface area contributed by atoms with Crippen molar-refractivity contribution in [1.82, 2.24) is 0 Å². The van der Waals surface area contributed by atoms with Gasteiger partial charge in [0.1, 0.15) is 0 Å². The third kappa shape index (κ3) is 3.45. The van der Waals surface area contributed by atoms with Gasteiger partial charge < -0.3 is 5.11 Å². The molecule has 0 heterocycles. The molecule has 1 aromatic carbocycles. The second kappa shape index (κ2) is 5.80. The predicted octanol–water partition coefficient (Wildman–Crippen LogP) is 2.01. The summed E-state index contributed by atoms with van der Waals surface area (Å²) in [5, 5.41) is 9.11. The van der Waals surface area contributed by atoms with Crippen molar-refractivity contribution in [3.05, 3.63) is 35.9 Å². The van der Waals surface area contributed by atoms with Gasteiger partial charge >= 0.3 is 5.97 Å². The van der Waals surface area contributed by atoms with Crippen LogP contribution in [0.15, 0.2) is 30.3 Å². The lowest BCUT2D eigenvalue weighted by atomic mass is 10.0. The van der Waals surface area contributed by atoms with E-state index in [0.29, 0.717) is 5.56 Å². The van der Waals surface area contributed by atoms with Gasteiger partial charge in [-0.05, 0) is 5.56 Å². The van der Waals surface area contributed by atoms with E-state index in [1.807, 2.05) is 19.9 Å². The minimum atomic E-state index is -1.10. The van der Waals surface area contributed by atoms with E-state index in [0.717, 1.165) is 0 Å². The Hall–Kier alpha value is -1.16. The van der Waals surface area contributed by atoms with Gasteiger partial charge in [-0.2, -0.15) is 0 Å². The van der Waals surface area contributed by atoms with E-state index >= 15 is 0 Å². The number of rotatable bonds is 5. The van der Waals surface area contributed by atoms with Gasteiger partial charge in [0.2, 0.25) is 0 Å². The Morgan fingerprint density at radius 3 is 2.31 bits per heavy atom. The summed E-state index contributed by atoms with van der Waals surface area (Å²) < 4.78 is 11.7. The highest BCUT2D eigenvalue weighted by atomic mass is 32.2. The second-order valence-corrected chi connectivity index (χ2v) is 5.94. The first-order valence-corrected chi connectivity index (χ1v) is 6.55. The lowest BCUT2D eigenvalue weighted by Gasteiger charge is -2.13. The summed E-state index contributed by atoms with van der Waals surface area (Å²) >= 11 is 0. The lowest BCUT2D eigenvalue weighted by Crippen LogP contribution is -2.22. The summed E-state index contributed by atoms with van der Waals surface area (Å²) in [5.41, 5.74) is 0.712. The number of hydrogen-bond donors (Lipinski definition) is 1. The van der Waals surface area contributed by atoms with Gasteiger partial charge in [0.05, 0.1) is 5.92 Å². The Bertz CT molecular complexity index is 373. The molecule has 0 spiro atoms. The fraction of sp³-hybridized carbons (Fsp3) is 0.417. The molecule has 88 valence electrons. The molecule has 0 bridgehead atoms. The average molecular weight is 240 g/mol. The Morgan fingerprint density at radius 2 is 1.88 bits per heavy atom. The third-order valence-corrected chi connectivity index (χ3v) is 4.07. The van der Waals surface area contributed by atoms with E-state index < -0.39 is 22.7 Å². The fourth-order valence-electron chi connectivity index (χ4n) is 1.35. The van der Waals surface area contributed by atoms with Crippen LogP contribution in [0, 0.1) is 0 Å². The van der Waals surface area contributed by atoms with E-state index in [9.17, 15) is 9.00 Å². The zero-order valence-electron chi connectivity index (χ0n) is 9.42. The molecular formula is C12H16O3S. The minimum Gasteiger partial charge on any atom is -0.481 e. The molecule has 1 aromatic rings. The maximum atomic E-state index is 11.7. The summed E-state index contributed by atoms with van der Waals surface area (Å²) in [4.78, 5) is 11.1. The summed E-state index contributed by atoms with van der Waals surface area (Å²) in [6, 6.07) is 8.95. The second-order valence-electron chi connectivity index (χ2n) is 3.90. The summed E-state index contributed by atoms with van der Waals surface area (Å²) in [7, 11) is -1.10. The highest BCUT2D eigenvalue weighted by Gasteiger charge is 2.23. The average Bonchev–Trinajstić information content (AvgIpc) is 2.26. The van der Waals surface area contributed by atoms with Gasteiger partial charge in [-0.25, -0.2) is 0 Å². The first-order valence-electron chi connectivity index (χ1n) is 5.17. The Labute approximate surface area is 98.0 Å². The Morgan fingerprint density at radius 1 is 1.31 bits per heavy atom. The minimum absolute atomic E-state index is 0.00874. The Kier molecular flexibility index (Phi) is 4.68. The normalized spacial score (nSPS) is 14.7. The molecule has 3 nitrogen and oxygen atoms in total. The van der Waals surface area contributed by atoms with Crippen LogP contribution in [0.2, 0.25) is 0 Å². The number of carboxylic acids is 1. The standard InChI is InChI=1S/C12H16O3S/c1-9(2)16(15)8-11(12(13)14)10-6-4-3-5-7-10/h3-7,9,11H,8H2,1-2H3,(H,13,14). The van der Waals surface area contributed by atoms with Gasteiger partial charge in [-0.15, -0.1) is 0 Å². The molecule has 16 heavy (non-hydrogen) atoms. The van der Waals surface area contributed by atoms with E-state index in [4.69, 9.17) is 5.11 Å². The molecule has 1 N–H and O–H groups in total. The van der Waals surface area contributed by atoms with Gasteiger partial charge in [0.15, 0.2) is 0 Å². The molecule has 0 saturated heterocycles. The van der Waals surface area contributed by atoms with Gasteiger partial charge in [0, 0.05) is 21.8 Å². The van der Waals surface area contributed by atoms with E-state index in [2.05, 4.69) is 0 Å². The largest absolute Gasteiger partial charge is 0.481 e. The van der Waals surface area contributed by atoms with E-state index in [1.165, 1.54) is 0 Å². The highest BCUT2D eigenvalue weighted by molar-refractivity contribution is 7.85. The highest BCUT2D eigenvalue weighted by Crippen LogP contribution is 2.18. The van der Waals surface area contributed by atoms with Crippen LogP contribution < -0.4 is 0 Å². The number of benzene rings is 1. The third-order valence-electron chi connectivity index (χ3n) is 2.36. The van der Waals surface area contributed by atoms with Gasteiger partial charge in [-0.1, -0.05) is 44.2 Å². The van der Waals surface area contributed by atoms with Gasteiger partial charge in [-0.3, -0.25) is 9.00 Å². The van der Waals surface area contributed by atoms with Crippen LogP contribution in [0.1, 0.15) is 25.3 Å². The van der Waals surface area contributed by atoms with Crippen molar-refractivity contribution in [2.75, 3.05) is 5.75 Å². The van der Waals surface area contributed by atoms with Crippen LogP contribution in [0.5, 0.6) is 0 Å². The van der Waals surface area contributed by atoms with Crippen molar-refractivity contribution >= 4 is 16.8 Å². The van der Waals surface area contributed by atoms with Crippen LogP contribution in [-0.2, 0) is 15.6 Å². The summed E-state index contributed by atoms with van der Waals surface area (Å²) in [6.45, 7) is 3.67. The van der Waals surface area contributed by atoms with E-state index in [-0.39, 0.29) is 11.0 Å². The zero-order chi connectivity index (χ0) is 12.1. The Balaban J connectivity index is 2.85. The van der Waals surface area contributed by atoms with Crippen molar-refractivity contribution in [3.63, 3.8) is 0 Å². The molecule has 2 atom stereocenters. The summed E-state index contributed by atoms with van der Waals surface area (Å²) in [5.74, 6) is -1.42. The number of aliphatic carboxylic acids is 1. The lowest BCUT2D eigenvalue weighted by molar-refractivity contribution is -0.138. The SMILES string of the molecule is CC(C)S(=O)CC(C(=O)O)c1ccccc1. The zero-order valence-corrected chi connectivity index (χ0v) is 10.2. The van der Waals surface area contributed by atoms with Crippen molar-refractivity contribution in [1.29, 1.82) is 0 Å². The molecule has 0 saturated carbocycles. The van der Waals surface area contributed by atoms with Gasteiger partial charge in [0.25, 0.3) is 0 Å². The number of carbonyl (C=O) groups is 1. The van der Waals surface area contributed by atoms with Crippen molar-refractivity contribution in [2.45, 2.75) is 25.0 Å². The quantitative estimate of drug-likeness (QED) is 0.856. The molecule has 0 radical (unpaired) electrons. The molecule has 0 fully saturated rings. The van der Waals surface area contributed by atoms with E-state index in [1.54, 1.807) is 24.3 Å². The molecular weight excluding hydrogens is 224 g/mol. The molecule has 0 aliphatic carbocycles. The van der Waals surface area contributed by atoms with Crippen LogP contribution in [0.25, 0.3) is 0 Å². The first-order chi connectivity index (χ1) is 7.52. The van der Waals surface area contributed by atoms with Crippen LogP contribution in [-0.4, -0.2) is 26.3 Å². The molecule has 0 amide bonds. The first kappa shape index (κ1) is 12.9.